The van der Waals surface area contributed by atoms with E-state index < -0.39 is 0 Å². The second kappa shape index (κ2) is 6.51. The van der Waals surface area contributed by atoms with Gasteiger partial charge in [-0.1, -0.05) is 78.0 Å². The van der Waals surface area contributed by atoms with Crippen molar-refractivity contribution < 1.29 is 9.32 Å². The van der Waals surface area contributed by atoms with Crippen LogP contribution in [0.25, 0.3) is 10.8 Å². The van der Waals surface area contributed by atoms with Crippen LogP contribution in [0.5, 0.6) is 0 Å². The second-order valence-corrected chi connectivity index (χ2v) is 7.18. The number of ketones is 1. The van der Waals surface area contributed by atoms with E-state index in [0.29, 0.717) is 18.4 Å². The standard InChI is InChI=1S/C24H19NO2/c26-22-14-19(16-7-2-1-3-8-16)15-23-24(22)21(25-27-23)13-18-11-6-10-17-9-4-5-12-20(17)18/h1-12,19H,13-15H2. The van der Waals surface area contributed by atoms with Crippen molar-refractivity contribution in [2.45, 2.75) is 25.2 Å². The average molecular weight is 353 g/mol. The molecule has 132 valence electrons. The Morgan fingerprint density at radius 1 is 0.889 bits per heavy atom. The third-order valence-electron chi connectivity index (χ3n) is 5.48. The highest BCUT2D eigenvalue weighted by Crippen LogP contribution is 2.35. The van der Waals surface area contributed by atoms with Gasteiger partial charge in [-0.15, -0.1) is 0 Å². The number of benzene rings is 3. The molecular weight excluding hydrogens is 334 g/mol. The zero-order valence-electron chi connectivity index (χ0n) is 14.9. The molecule has 0 amide bonds. The number of hydrogen-bond donors (Lipinski definition) is 0. The molecule has 0 N–H and O–H groups in total. The number of Topliss-reactive ketones (excluding diaryl/α,β-unsaturated/α-hetero) is 1. The number of hydrogen-bond acceptors (Lipinski definition) is 3. The van der Waals surface area contributed by atoms with Crippen molar-refractivity contribution in [1.82, 2.24) is 5.16 Å². The lowest BCUT2D eigenvalue weighted by Crippen LogP contribution is -2.18. The minimum Gasteiger partial charge on any atom is -0.360 e. The van der Waals surface area contributed by atoms with Crippen LogP contribution in [0, 0.1) is 0 Å². The van der Waals surface area contributed by atoms with Gasteiger partial charge in [0.05, 0.1) is 11.3 Å². The molecule has 1 atom stereocenters. The number of rotatable bonds is 3. The molecule has 27 heavy (non-hydrogen) atoms. The van der Waals surface area contributed by atoms with Crippen molar-refractivity contribution in [2.75, 3.05) is 0 Å². The molecule has 0 bridgehead atoms. The first-order valence-corrected chi connectivity index (χ1v) is 9.32. The number of carbonyl (C=O) groups excluding carboxylic acids is 1. The van der Waals surface area contributed by atoms with Gasteiger partial charge in [0.15, 0.2) is 5.78 Å². The molecule has 0 fully saturated rings. The van der Waals surface area contributed by atoms with Crippen LogP contribution in [0.1, 0.15) is 45.3 Å². The SMILES string of the molecule is O=C1CC(c2ccccc2)Cc2onc(Cc3cccc4ccccc34)c21. The van der Waals surface area contributed by atoms with E-state index in [1.165, 1.54) is 21.9 Å². The van der Waals surface area contributed by atoms with E-state index >= 15 is 0 Å². The van der Waals surface area contributed by atoms with Gasteiger partial charge in [-0.25, -0.2) is 0 Å². The second-order valence-electron chi connectivity index (χ2n) is 7.18. The fourth-order valence-electron chi connectivity index (χ4n) is 4.15. The Bertz CT molecular complexity index is 1120. The van der Waals surface area contributed by atoms with E-state index in [1.54, 1.807) is 0 Å². The zero-order valence-corrected chi connectivity index (χ0v) is 14.9. The zero-order chi connectivity index (χ0) is 18.2. The fraction of sp³-hybridized carbons (Fsp3) is 0.167. The molecule has 0 saturated carbocycles. The van der Waals surface area contributed by atoms with Crippen molar-refractivity contribution in [3.05, 3.63) is 101 Å². The molecule has 0 spiro atoms. The summed E-state index contributed by atoms with van der Waals surface area (Å²) in [4.78, 5) is 12.9. The summed E-state index contributed by atoms with van der Waals surface area (Å²) in [6, 6.07) is 24.7. The van der Waals surface area contributed by atoms with Crippen LogP contribution in [0.2, 0.25) is 0 Å². The van der Waals surface area contributed by atoms with E-state index in [1.807, 2.05) is 30.3 Å². The highest BCUT2D eigenvalue weighted by Gasteiger charge is 2.32. The molecule has 3 aromatic carbocycles. The van der Waals surface area contributed by atoms with Crippen molar-refractivity contribution in [3.63, 3.8) is 0 Å². The Balaban J connectivity index is 1.49. The predicted molar refractivity (Wildman–Crippen MR) is 105 cm³/mol. The van der Waals surface area contributed by atoms with Gasteiger partial charge in [0.2, 0.25) is 0 Å². The molecular formula is C24H19NO2. The first-order chi connectivity index (χ1) is 13.3. The molecule has 1 unspecified atom stereocenters. The lowest BCUT2D eigenvalue weighted by atomic mass is 9.81. The predicted octanol–water partition coefficient (Wildman–Crippen LogP) is 5.33. The molecule has 0 radical (unpaired) electrons. The monoisotopic (exact) mass is 353 g/mol. The maximum absolute atomic E-state index is 12.9. The van der Waals surface area contributed by atoms with Gasteiger partial charge in [-0.2, -0.15) is 0 Å². The van der Waals surface area contributed by atoms with Gasteiger partial charge in [0.25, 0.3) is 0 Å². The maximum Gasteiger partial charge on any atom is 0.168 e. The summed E-state index contributed by atoms with van der Waals surface area (Å²) in [7, 11) is 0. The molecule has 3 nitrogen and oxygen atoms in total. The molecule has 1 aromatic heterocycles. The normalized spacial score (nSPS) is 16.4. The molecule has 1 aliphatic rings. The van der Waals surface area contributed by atoms with Crippen LogP contribution in [-0.4, -0.2) is 10.9 Å². The quantitative estimate of drug-likeness (QED) is 0.500. The molecule has 0 aliphatic heterocycles. The van der Waals surface area contributed by atoms with E-state index in [9.17, 15) is 4.79 Å². The number of fused-ring (bicyclic) bond motifs is 2. The van der Waals surface area contributed by atoms with Gasteiger partial charge in [-0.05, 0) is 27.8 Å². The Labute approximate surface area is 157 Å². The average Bonchev–Trinajstić information content (AvgIpc) is 3.12. The summed E-state index contributed by atoms with van der Waals surface area (Å²) < 4.78 is 5.62. The van der Waals surface area contributed by atoms with Crippen molar-refractivity contribution in [3.8, 4) is 0 Å². The highest BCUT2D eigenvalue weighted by molar-refractivity contribution is 6.00. The largest absolute Gasteiger partial charge is 0.360 e. The molecule has 1 aliphatic carbocycles. The van der Waals surface area contributed by atoms with Gasteiger partial charge in [0.1, 0.15) is 5.76 Å². The fourth-order valence-corrected chi connectivity index (χ4v) is 4.15. The number of carbonyl (C=O) groups is 1. The Morgan fingerprint density at radius 3 is 2.56 bits per heavy atom. The van der Waals surface area contributed by atoms with Crippen molar-refractivity contribution in [2.24, 2.45) is 0 Å². The third-order valence-corrected chi connectivity index (χ3v) is 5.48. The van der Waals surface area contributed by atoms with Crippen molar-refractivity contribution >= 4 is 16.6 Å². The molecule has 0 saturated heterocycles. The summed E-state index contributed by atoms with van der Waals surface area (Å²) in [5.74, 6) is 1.04. The Morgan fingerprint density at radius 2 is 1.67 bits per heavy atom. The first-order valence-electron chi connectivity index (χ1n) is 9.32. The Kier molecular flexibility index (Phi) is 3.86. The van der Waals surface area contributed by atoms with Gasteiger partial charge in [-0.3, -0.25) is 4.79 Å². The third kappa shape index (κ3) is 2.85. The number of nitrogens with zero attached hydrogens (tertiary/aromatic N) is 1. The smallest absolute Gasteiger partial charge is 0.168 e. The molecule has 4 aromatic rings. The van der Waals surface area contributed by atoms with Gasteiger partial charge >= 0.3 is 0 Å². The van der Waals surface area contributed by atoms with Crippen LogP contribution < -0.4 is 0 Å². The Hall–Kier alpha value is -3.20. The number of aromatic nitrogens is 1. The highest BCUT2D eigenvalue weighted by atomic mass is 16.5. The summed E-state index contributed by atoms with van der Waals surface area (Å²) in [5.41, 5.74) is 3.82. The van der Waals surface area contributed by atoms with Crippen LogP contribution in [0.15, 0.2) is 77.3 Å². The maximum atomic E-state index is 12.9. The van der Waals surface area contributed by atoms with Crippen LogP contribution in [0.3, 0.4) is 0 Å². The van der Waals surface area contributed by atoms with Gasteiger partial charge < -0.3 is 4.52 Å². The lowest BCUT2D eigenvalue weighted by Gasteiger charge is -2.20. The lowest BCUT2D eigenvalue weighted by molar-refractivity contribution is 0.0959. The van der Waals surface area contributed by atoms with Crippen molar-refractivity contribution in [1.29, 1.82) is 0 Å². The van der Waals surface area contributed by atoms with E-state index in [4.69, 9.17) is 4.52 Å². The first kappa shape index (κ1) is 16.0. The summed E-state index contributed by atoms with van der Waals surface area (Å²) in [6.07, 6.45) is 1.86. The van der Waals surface area contributed by atoms with E-state index in [-0.39, 0.29) is 11.7 Å². The van der Waals surface area contributed by atoms with Crippen LogP contribution in [0.4, 0.5) is 0 Å². The minimum absolute atomic E-state index is 0.140. The molecule has 5 rings (SSSR count). The van der Waals surface area contributed by atoms with E-state index in [2.05, 4.69) is 47.6 Å². The molecule has 1 heterocycles. The summed E-state index contributed by atoms with van der Waals surface area (Å²) in [5, 5.41) is 6.68. The van der Waals surface area contributed by atoms with Crippen LogP contribution in [-0.2, 0) is 12.8 Å². The summed E-state index contributed by atoms with van der Waals surface area (Å²) >= 11 is 0. The van der Waals surface area contributed by atoms with Crippen LogP contribution >= 0.6 is 0 Å². The summed E-state index contributed by atoms with van der Waals surface area (Å²) in [6.45, 7) is 0. The molecule has 3 heteroatoms. The minimum atomic E-state index is 0.140. The van der Waals surface area contributed by atoms with Gasteiger partial charge in [0, 0.05) is 19.3 Å². The topological polar surface area (TPSA) is 43.1 Å². The van der Waals surface area contributed by atoms with E-state index in [0.717, 1.165) is 17.9 Å².